The highest BCUT2D eigenvalue weighted by Gasteiger charge is 2.28. The zero-order valence-electron chi connectivity index (χ0n) is 15.6. The molecule has 2 aliphatic rings. The van der Waals surface area contributed by atoms with Crippen LogP contribution in [0.3, 0.4) is 0 Å². The Morgan fingerprint density at radius 2 is 1.38 bits per heavy atom. The molecule has 144 valence electrons. The average molecular weight is 380 g/mol. The Labute approximate surface area is 156 Å². The van der Waals surface area contributed by atoms with Crippen molar-refractivity contribution in [2.24, 2.45) is 0 Å². The molecule has 0 N–H and O–H groups in total. The summed E-state index contributed by atoms with van der Waals surface area (Å²) in [6.07, 6.45) is 3.95. The summed E-state index contributed by atoms with van der Waals surface area (Å²) >= 11 is 0. The number of hydrogen-bond donors (Lipinski definition) is 0. The van der Waals surface area contributed by atoms with Gasteiger partial charge in [-0.1, -0.05) is 18.6 Å². The molecule has 2 heterocycles. The van der Waals surface area contributed by atoms with Crippen LogP contribution in [0.25, 0.3) is 0 Å². The smallest absolute Gasteiger partial charge is 0.243 e. The highest BCUT2D eigenvalue weighted by molar-refractivity contribution is 7.89. The molecular weight excluding hydrogens is 350 g/mol. The van der Waals surface area contributed by atoms with Crippen LogP contribution in [0.4, 0.5) is 0 Å². The first-order valence-corrected chi connectivity index (χ1v) is 11.0. The van der Waals surface area contributed by atoms with Crippen molar-refractivity contribution < 1.29 is 13.2 Å². The van der Waals surface area contributed by atoms with Crippen LogP contribution in [0.2, 0.25) is 0 Å². The molecule has 0 radical (unpaired) electrons. The Morgan fingerprint density at radius 3 is 1.92 bits per heavy atom. The van der Waals surface area contributed by atoms with Gasteiger partial charge in [-0.2, -0.15) is 4.31 Å². The lowest BCUT2D eigenvalue weighted by Gasteiger charge is -2.35. The Balaban J connectivity index is 1.52. The van der Waals surface area contributed by atoms with Crippen LogP contribution in [-0.2, 0) is 10.0 Å². The zero-order chi connectivity index (χ0) is 18.6. The van der Waals surface area contributed by atoms with Gasteiger partial charge in [0.05, 0.1) is 4.90 Å². The topological polar surface area (TPSA) is 60.9 Å². The van der Waals surface area contributed by atoms with E-state index in [9.17, 15) is 13.2 Å². The Bertz CT molecular complexity index is 704. The third kappa shape index (κ3) is 4.71. The van der Waals surface area contributed by atoms with E-state index in [0.717, 1.165) is 26.2 Å². The van der Waals surface area contributed by atoms with Crippen LogP contribution in [0, 0.1) is 0 Å². The monoisotopic (exact) mass is 379 g/mol. The molecule has 2 saturated heterocycles. The molecule has 3 rings (SSSR count). The van der Waals surface area contributed by atoms with Gasteiger partial charge < -0.3 is 4.90 Å². The highest BCUT2D eigenvalue weighted by Crippen LogP contribution is 2.18. The molecule has 1 aromatic rings. The third-order valence-corrected chi connectivity index (χ3v) is 7.32. The number of carbonyl (C=O) groups is 1. The van der Waals surface area contributed by atoms with Crippen molar-refractivity contribution in [1.82, 2.24) is 14.1 Å². The molecular formula is C19H29N3O3S. The highest BCUT2D eigenvalue weighted by atomic mass is 32.2. The molecule has 2 aliphatic heterocycles. The lowest BCUT2D eigenvalue weighted by atomic mass is 10.1. The minimum Gasteiger partial charge on any atom is -0.302 e. The van der Waals surface area contributed by atoms with Gasteiger partial charge in [0.1, 0.15) is 0 Å². The van der Waals surface area contributed by atoms with Crippen LogP contribution in [0.15, 0.2) is 29.2 Å². The van der Waals surface area contributed by atoms with Crippen LogP contribution in [0.5, 0.6) is 0 Å². The van der Waals surface area contributed by atoms with E-state index in [1.165, 1.54) is 51.4 Å². The average Bonchev–Trinajstić information content (AvgIpc) is 2.67. The van der Waals surface area contributed by atoms with Crippen molar-refractivity contribution in [2.75, 3.05) is 52.4 Å². The van der Waals surface area contributed by atoms with E-state index < -0.39 is 10.0 Å². The number of rotatable bonds is 6. The van der Waals surface area contributed by atoms with E-state index in [1.54, 1.807) is 16.4 Å². The van der Waals surface area contributed by atoms with Crippen LogP contribution in [0.1, 0.15) is 36.5 Å². The van der Waals surface area contributed by atoms with Crippen LogP contribution in [-0.4, -0.2) is 80.7 Å². The number of nitrogens with zero attached hydrogens (tertiary/aromatic N) is 3. The van der Waals surface area contributed by atoms with Gasteiger partial charge in [-0.25, -0.2) is 8.42 Å². The summed E-state index contributed by atoms with van der Waals surface area (Å²) < 4.78 is 27.2. The summed E-state index contributed by atoms with van der Waals surface area (Å²) in [4.78, 5) is 16.5. The summed E-state index contributed by atoms with van der Waals surface area (Å²) in [5, 5.41) is 0. The summed E-state index contributed by atoms with van der Waals surface area (Å²) in [6, 6.07) is 6.25. The van der Waals surface area contributed by atoms with Gasteiger partial charge in [0.2, 0.25) is 10.0 Å². The number of sulfonamides is 1. The molecule has 0 atom stereocenters. The molecule has 0 aromatic heterocycles. The van der Waals surface area contributed by atoms with E-state index in [1.807, 2.05) is 0 Å². The van der Waals surface area contributed by atoms with Crippen LogP contribution < -0.4 is 0 Å². The van der Waals surface area contributed by atoms with Crippen LogP contribution >= 0.6 is 0 Å². The maximum atomic E-state index is 12.8. The Kier molecular flexibility index (Phi) is 6.45. The number of carbonyl (C=O) groups excluding carboxylic acids is 1. The predicted octanol–water partition coefficient (Wildman–Crippen LogP) is 1.68. The Hall–Kier alpha value is -1.28. The van der Waals surface area contributed by atoms with Crippen molar-refractivity contribution in [3.63, 3.8) is 0 Å². The standard InChI is InChI=1S/C19H29N3O3S/c1-17(23)18-5-7-19(8-6-18)26(24,25)22-15-13-21(14-16-22)12-11-20-9-3-2-4-10-20/h5-8H,2-4,9-16H2,1H3. The van der Waals surface area contributed by atoms with Crippen molar-refractivity contribution in [2.45, 2.75) is 31.1 Å². The predicted molar refractivity (Wildman–Crippen MR) is 102 cm³/mol. The van der Waals surface area contributed by atoms with Crippen molar-refractivity contribution in [1.29, 1.82) is 0 Å². The van der Waals surface area contributed by atoms with Crippen molar-refractivity contribution >= 4 is 15.8 Å². The summed E-state index contributed by atoms with van der Waals surface area (Å²) in [6.45, 7) is 8.58. The van der Waals surface area contributed by atoms with Gasteiger partial charge in [-0.05, 0) is 45.0 Å². The Morgan fingerprint density at radius 1 is 0.846 bits per heavy atom. The van der Waals surface area contributed by atoms with Gasteiger partial charge in [0, 0.05) is 44.8 Å². The van der Waals surface area contributed by atoms with E-state index in [4.69, 9.17) is 0 Å². The second-order valence-electron chi connectivity index (χ2n) is 7.23. The minimum absolute atomic E-state index is 0.0590. The van der Waals surface area contributed by atoms with E-state index >= 15 is 0 Å². The number of hydrogen-bond acceptors (Lipinski definition) is 5. The molecule has 0 saturated carbocycles. The first-order chi connectivity index (χ1) is 12.5. The fraction of sp³-hybridized carbons (Fsp3) is 0.632. The molecule has 2 fully saturated rings. The summed E-state index contributed by atoms with van der Waals surface area (Å²) in [5.41, 5.74) is 0.534. The number of piperazine rings is 1. The fourth-order valence-corrected chi connectivity index (χ4v) is 5.09. The SMILES string of the molecule is CC(=O)c1ccc(S(=O)(=O)N2CCN(CCN3CCCCC3)CC2)cc1. The maximum absolute atomic E-state index is 12.8. The number of ketones is 1. The number of Topliss-reactive ketones (excluding diaryl/α,β-unsaturated/α-hetero) is 1. The van der Waals surface area contributed by atoms with E-state index in [0.29, 0.717) is 18.7 Å². The minimum atomic E-state index is -3.48. The quantitative estimate of drug-likeness (QED) is 0.704. The number of benzene rings is 1. The van der Waals surface area contributed by atoms with Gasteiger partial charge in [0.15, 0.2) is 5.78 Å². The van der Waals surface area contributed by atoms with Crippen molar-refractivity contribution in [3.8, 4) is 0 Å². The molecule has 0 aliphatic carbocycles. The van der Waals surface area contributed by atoms with E-state index in [-0.39, 0.29) is 10.7 Å². The lowest BCUT2D eigenvalue weighted by molar-refractivity contribution is 0.101. The first-order valence-electron chi connectivity index (χ1n) is 9.53. The molecule has 0 amide bonds. The summed E-state index contributed by atoms with van der Waals surface area (Å²) in [5.74, 6) is -0.0590. The zero-order valence-corrected chi connectivity index (χ0v) is 16.4. The molecule has 6 nitrogen and oxygen atoms in total. The second kappa shape index (κ2) is 8.61. The summed E-state index contributed by atoms with van der Waals surface area (Å²) in [7, 11) is -3.48. The van der Waals surface area contributed by atoms with Gasteiger partial charge in [-0.15, -0.1) is 0 Å². The van der Waals surface area contributed by atoms with Crippen molar-refractivity contribution in [3.05, 3.63) is 29.8 Å². The molecule has 0 unspecified atom stereocenters. The first kappa shape index (κ1) is 19.5. The third-order valence-electron chi connectivity index (χ3n) is 5.41. The fourth-order valence-electron chi connectivity index (χ4n) is 3.67. The molecule has 1 aromatic carbocycles. The normalized spacial score (nSPS) is 21.0. The number of likely N-dealkylation sites (tertiary alicyclic amines) is 1. The molecule has 0 bridgehead atoms. The van der Waals surface area contributed by atoms with E-state index in [2.05, 4.69) is 9.80 Å². The molecule has 0 spiro atoms. The van der Waals surface area contributed by atoms with Gasteiger partial charge in [-0.3, -0.25) is 9.69 Å². The largest absolute Gasteiger partial charge is 0.302 e. The van der Waals surface area contributed by atoms with Gasteiger partial charge >= 0.3 is 0 Å². The second-order valence-corrected chi connectivity index (χ2v) is 9.17. The molecule has 26 heavy (non-hydrogen) atoms. The maximum Gasteiger partial charge on any atom is 0.243 e. The number of piperidine rings is 1. The van der Waals surface area contributed by atoms with Gasteiger partial charge in [0.25, 0.3) is 0 Å². The lowest BCUT2D eigenvalue weighted by Crippen LogP contribution is -2.50. The molecule has 7 heteroatoms.